The quantitative estimate of drug-likeness (QED) is 0.826. The van der Waals surface area contributed by atoms with Gasteiger partial charge in [0.2, 0.25) is 0 Å². The zero-order valence-corrected chi connectivity index (χ0v) is 10.8. The fourth-order valence-electron chi connectivity index (χ4n) is 1.86. The summed E-state index contributed by atoms with van der Waals surface area (Å²) in [7, 11) is 1.69. The van der Waals surface area contributed by atoms with E-state index in [1.807, 2.05) is 12.1 Å². The number of hydrogen-bond donors (Lipinski definition) is 1. The van der Waals surface area contributed by atoms with E-state index in [1.165, 1.54) is 17.5 Å². The maximum atomic E-state index is 6.19. The van der Waals surface area contributed by atoms with Gasteiger partial charge in [-0.05, 0) is 48.9 Å². The first kappa shape index (κ1) is 13.0. The van der Waals surface area contributed by atoms with E-state index in [0.29, 0.717) is 5.92 Å². The van der Waals surface area contributed by atoms with Crippen LogP contribution in [0.2, 0.25) is 0 Å². The molecule has 1 aromatic carbocycles. The Hall–Kier alpha value is -1.02. The molecule has 0 heterocycles. The topological polar surface area (TPSA) is 35.2 Å². The van der Waals surface area contributed by atoms with Gasteiger partial charge in [-0.3, -0.25) is 0 Å². The highest BCUT2D eigenvalue weighted by Crippen LogP contribution is 2.24. The summed E-state index contributed by atoms with van der Waals surface area (Å²) < 4.78 is 5.19. The number of rotatable bonds is 5. The smallest absolute Gasteiger partial charge is 0.119 e. The molecule has 0 aliphatic carbocycles. The van der Waals surface area contributed by atoms with E-state index < -0.39 is 0 Å². The number of aryl methyl sites for hydroxylation is 1. The third kappa shape index (κ3) is 3.53. The van der Waals surface area contributed by atoms with Crippen LogP contribution in [0.25, 0.3) is 0 Å². The first-order valence-corrected chi connectivity index (χ1v) is 5.94. The van der Waals surface area contributed by atoms with Crippen molar-refractivity contribution in [1.29, 1.82) is 0 Å². The molecule has 1 rings (SSSR count). The summed E-state index contributed by atoms with van der Waals surface area (Å²) in [6.45, 7) is 6.55. The summed E-state index contributed by atoms with van der Waals surface area (Å²) in [5.41, 5.74) is 8.65. The number of nitrogens with two attached hydrogens (primary N) is 1. The van der Waals surface area contributed by atoms with Crippen LogP contribution in [-0.2, 0) is 0 Å². The van der Waals surface area contributed by atoms with Gasteiger partial charge in [-0.1, -0.05) is 19.9 Å². The van der Waals surface area contributed by atoms with Crippen molar-refractivity contribution in [1.82, 2.24) is 0 Å². The van der Waals surface area contributed by atoms with Crippen LogP contribution >= 0.6 is 0 Å². The first-order valence-electron chi connectivity index (χ1n) is 5.94. The first-order chi connectivity index (χ1) is 7.54. The molecule has 0 radical (unpaired) electrons. The van der Waals surface area contributed by atoms with Gasteiger partial charge in [-0.2, -0.15) is 0 Å². The molecule has 0 aromatic heterocycles. The van der Waals surface area contributed by atoms with Crippen LogP contribution < -0.4 is 10.5 Å². The second-order valence-electron chi connectivity index (χ2n) is 4.80. The molecule has 1 aromatic rings. The van der Waals surface area contributed by atoms with Crippen molar-refractivity contribution in [2.24, 2.45) is 11.7 Å². The minimum absolute atomic E-state index is 0.147. The maximum absolute atomic E-state index is 6.19. The van der Waals surface area contributed by atoms with Crippen LogP contribution in [0.1, 0.15) is 43.9 Å². The fraction of sp³-hybridized carbons (Fsp3) is 0.571. The molecule has 2 nitrogen and oxygen atoms in total. The Morgan fingerprint density at radius 3 is 2.44 bits per heavy atom. The van der Waals surface area contributed by atoms with Gasteiger partial charge in [0, 0.05) is 6.04 Å². The van der Waals surface area contributed by atoms with E-state index in [-0.39, 0.29) is 6.04 Å². The largest absolute Gasteiger partial charge is 0.497 e. The Balaban J connectivity index is 2.71. The SMILES string of the molecule is COc1ccc(C(N)CCC(C)C)c(C)c1. The Morgan fingerprint density at radius 2 is 1.94 bits per heavy atom. The molecule has 90 valence electrons. The molecule has 0 amide bonds. The van der Waals surface area contributed by atoms with Crippen molar-refractivity contribution in [3.63, 3.8) is 0 Å². The van der Waals surface area contributed by atoms with E-state index in [2.05, 4.69) is 26.8 Å². The second-order valence-corrected chi connectivity index (χ2v) is 4.80. The zero-order valence-electron chi connectivity index (χ0n) is 10.8. The highest BCUT2D eigenvalue weighted by atomic mass is 16.5. The van der Waals surface area contributed by atoms with Crippen molar-refractivity contribution in [3.05, 3.63) is 29.3 Å². The average molecular weight is 221 g/mol. The lowest BCUT2D eigenvalue weighted by atomic mass is 9.95. The zero-order chi connectivity index (χ0) is 12.1. The molecule has 2 heteroatoms. The van der Waals surface area contributed by atoms with Gasteiger partial charge < -0.3 is 10.5 Å². The van der Waals surface area contributed by atoms with E-state index in [1.54, 1.807) is 7.11 Å². The molecular weight excluding hydrogens is 198 g/mol. The number of ether oxygens (including phenoxy) is 1. The minimum Gasteiger partial charge on any atom is -0.497 e. The molecule has 1 atom stereocenters. The van der Waals surface area contributed by atoms with Gasteiger partial charge >= 0.3 is 0 Å². The molecule has 1 unspecified atom stereocenters. The number of methoxy groups -OCH3 is 1. The molecular formula is C14H23NO. The predicted molar refractivity (Wildman–Crippen MR) is 68.7 cm³/mol. The second kappa shape index (κ2) is 5.90. The van der Waals surface area contributed by atoms with Gasteiger partial charge in [-0.15, -0.1) is 0 Å². The Kier molecular flexibility index (Phi) is 4.81. The molecule has 2 N–H and O–H groups in total. The van der Waals surface area contributed by atoms with Gasteiger partial charge in [0.05, 0.1) is 7.11 Å². The van der Waals surface area contributed by atoms with E-state index in [0.717, 1.165) is 12.2 Å². The van der Waals surface area contributed by atoms with E-state index in [4.69, 9.17) is 10.5 Å². The monoisotopic (exact) mass is 221 g/mol. The fourth-order valence-corrected chi connectivity index (χ4v) is 1.86. The van der Waals surface area contributed by atoms with Gasteiger partial charge in [0.25, 0.3) is 0 Å². The Labute approximate surface area is 98.8 Å². The molecule has 0 fully saturated rings. The lowest BCUT2D eigenvalue weighted by molar-refractivity contribution is 0.414. The van der Waals surface area contributed by atoms with Crippen LogP contribution in [0.15, 0.2) is 18.2 Å². The summed E-state index contributed by atoms with van der Waals surface area (Å²) in [6.07, 6.45) is 2.22. The summed E-state index contributed by atoms with van der Waals surface area (Å²) in [5, 5.41) is 0. The van der Waals surface area contributed by atoms with Crippen molar-refractivity contribution >= 4 is 0 Å². The van der Waals surface area contributed by atoms with Crippen molar-refractivity contribution < 1.29 is 4.74 Å². The van der Waals surface area contributed by atoms with E-state index in [9.17, 15) is 0 Å². The molecule has 16 heavy (non-hydrogen) atoms. The summed E-state index contributed by atoms with van der Waals surface area (Å²) in [5.74, 6) is 1.61. The average Bonchev–Trinajstić information content (AvgIpc) is 2.25. The van der Waals surface area contributed by atoms with Crippen molar-refractivity contribution in [3.8, 4) is 5.75 Å². The standard InChI is InChI=1S/C14H23NO/c1-10(2)5-8-14(15)13-7-6-12(16-4)9-11(13)3/h6-7,9-10,14H,5,8,15H2,1-4H3. The number of benzene rings is 1. The van der Waals surface area contributed by atoms with Crippen LogP contribution in [0.5, 0.6) is 5.75 Å². The minimum atomic E-state index is 0.147. The van der Waals surface area contributed by atoms with Crippen LogP contribution in [-0.4, -0.2) is 7.11 Å². The summed E-state index contributed by atoms with van der Waals surface area (Å²) in [4.78, 5) is 0. The third-order valence-electron chi connectivity index (χ3n) is 2.93. The lowest BCUT2D eigenvalue weighted by Crippen LogP contribution is -2.12. The van der Waals surface area contributed by atoms with Gasteiger partial charge in [0.15, 0.2) is 0 Å². The number of hydrogen-bond acceptors (Lipinski definition) is 2. The molecule has 0 spiro atoms. The maximum Gasteiger partial charge on any atom is 0.119 e. The Bertz CT molecular complexity index is 334. The molecule has 0 bridgehead atoms. The van der Waals surface area contributed by atoms with Crippen LogP contribution in [0.3, 0.4) is 0 Å². The van der Waals surface area contributed by atoms with Crippen molar-refractivity contribution in [2.75, 3.05) is 7.11 Å². The molecule has 0 aliphatic rings. The molecule has 0 saturated carbocycles. The molecule has 0 saturated heterocycles. The van der Waals surface area contributed by atoms with Crippen molar-refractivity contribution in [2.45, 2.75) is 39.7 Å². The Morgan fingerprint density at radius 1 is 1.25 bits per heavy atom. The normalized spacial score (nSPS) is 12.9. The highest BCUT2D eigenvalue weighted by Gasteiger charge is 2.10. The van der Waals surface area contributed by atoms with Gasteiger partial charge in [0.1, 0.15) is 5.75 Å². The summed E-state index contributed by atoms with van der Waals surface area (Å²) >= 11 is 0. The molecule has 0 aliphatic heterocycles. The summed E-state index contributed by atoms with van der Waals surface area (Å²) in [6, 6.07) is 6.26. The predicted octanol–water partition coefficient (Wildman–Crippen LogP) is 3.44. The highest BCUT2D eigenvalue weighted by molar-refractivity contribution is 5.36. The lowest BCUT2D eigenvalue weighted by Gasteiger charge is -2.16. The third-order valence-corrected chi connectivity index (χ3v) is 2.93. The van der Waals surface area contributed by atoms with Gasteiger partial charge in [-0.25, -0.2) is 0 Å². The van der Waals surface area contributed by atoms with E-state index >= 15 is 0 Å². The van der Waals surface area contributed by atoms with Crippen LogP contribution in [0, 0.1) is 12.8 Å². The van der Waals surface area contributed by atoms with Crippen LogP contribution in [0.4, 0.5) is 0 Å².